The maximum Gasteiger partial charge on any atom is 0.0990 e. The molecule has 0 aromatic rings. The van der Waals surface area contributed by atoms with Gasteiger partial charge in [0.25, 0.3) is 0 Å². The van der Waals surface area contributed by atoms with Gasteiger partial charge in [-0.1, -0.05) is 6.92 Å². The molecule has 0 saturated heterocycles. The van der Waals surface area contributed by atoms with Gasteiger partial charge in [0.1, 0.15) is 0 Å². The minimum Gasteiger partial charge on any atom is -0.379 e. The van der Waals surface area contributed by atoms with Crippen LogP contribution in [0.2, 0.25) is 0 Å². The largest absolute Gasteiger partial charge is 0.379 e. The predicted octanol–water partition coefficient (Wildman–Crippen LogP) is 1.19. The third kappa shape index (κ3) is 4.01. The van der Waals surface area contributed by atoms with Crippen molar-refractivity contribution in [1.82, 2.24) is 5.32 Å². The maximum atomic E-state index is 5.73. The molecule has 0 aromatic carbocycles. The highest BCUT2D eigenvalue weighted by atomic mass is 16.6. The number of nitrogens with one attached hydrogen (secondary N) is 1. The average molecular weight is 231 g/mol. The van der Waals surface area contributed by atoms with Crippen LogP contribution in [0.4, 0.5) is 0 Å². The monoisotopic (exact) mass is 231 g/mol. The number of hydrogen-bond acceptors (Lipinski definition) is 4. The van der Waals surface area contributed by atoms with E-state index < -0.39 is 0 Å². The first-order chi connectivity index (χ1) is 7.83. The molecule has 0 amide bonds. The van der Waals surface area contributed by atoms with E-state index in [-0.39, 0.29) is 12.2 Å². The minimum absolute atomic E-state index is 0.214. The third-order valence-electron chi connectivity index (χ3n) is 2.84. The topological polar surface area (TPSA) is 39.7 Å². The molecule has 16 heavy (non-hydrogen) atoms. The van der Waals surface area contributed by atoms with Crippen molar-refractivity contribution in [3.63, 3.8) is 0 Å². The van der Waals surface area contributed by atoms with Gasteiger partial charge in [0.2, 0.25) is 0 Å². The van der Waals surface area contributed by atoms with Crippen molar-refractivity contribution in [2.45, 2.75) is 45.4 Å². The lowest BCUT2D eigenvalue weighted by Gasteiger charge is -2.44. The van der Waals surface area contributed by atoms with Gasteiger partial charge in [0, 0.05) is 19.3 Å². The predicted molar refractivity (Wildman–Crippen MR) is 63.7 cm³/mol. The average Bonchev–Trinajstić information content (AvgIpc) is 2.28. The van der Waals surface area contributed by atoms with Gasteiger partial charge in [0.15, 0.2) is 0 Å². The highest BCUT2D eigenvalue weighted by molar-refractivity contribution is 4.97. The molecule has 0 heterocycles. The van der Waals surface area contributed by atoms with E-state index in [4.69, 9.17) is 14.2 Å². The summed E-state index contributed by atoms with van der Waals surface area (Å²) in [6.07, 6.45) is 1.50. The number of hydrogen-bond donors (Lipinski definition) is 1. The summed E-state index contributed by atoms with van der Waals surface area (Å²) < 4.78 is 16.7. The minimum atomic E-state index is 0.214. The molecule has 0 aliphatic heterocycles. The van der Waals surface area contributed by atoms with Gasteiger partial charge in [-0.15, -0.1) is 0 Å². The van der Waals surface area contributed by atoms with Crippen molar-refractivity contribution in [2.24, 2.45) is 0 Å². The number of ether oxygens (including phenoxy) is 3. The molecular weight excluding hydrogens is 206 g/mol. The molecule has 0 radical (unpaired) electrons. The van der Waals surface area contributed by atoms with Crippen LogP contribution in [0.25, 0.3) is 0 Å². The van der Waals surface area contributed by atoms with Crippen molar-refractivity contribution in [2.75, 3.05) is 33.0 Å². The summed E-state index contributed by atoms with van der Waals surface area (Å²) in [5, 5.41) is 3.41. The van der Waals surface area contributed by atoms with E-state index in [1.807, 2.05) is 13.8 Å². The van der Waals surface area contributed by atoms with Gasteiger partial charge in [-0.25, -0.2) is 0 Å². The van der Waals surface area contributed by atoms with Gasteiger partial charge in [-0.2, -0.15) is 0 Å². The van der Waals surface area contributed by atoms with Crippen LogP contribution in [-0.4, -0.2) is 51.2 Å². The standard InChI is InChI=1S/C12H25NO3/c1-4-13-10-9-11(12(10)15-6-3)16-8-7-14-5-2/h10-13H,4-9H2,1-3H3. The summed E-state index contributed by atoms with van der Waals surface area (Å²) in [5.74, 6) is 0. The maximum absolute atomic E-state index is 5.73. The van der Waals surface area contributed by atoms with Crippen LogP contribution in [0.15, 0.2) is 0 Å². The second-order valence-corrected chi connectivity index (χ2v) is 3.93. The van der Waals surface area contributed by atoms with Gasteiger partial charge in [-0.3, -0.25) is 0 Å². The Morgan fingerprint density at radius 2 is 1.88 bits per heavy atom. The highest BCUT2D eigenvalue weighted by Crippen LogP contribution is 2.27. The summed E-state index contributed by atoms with van der Waals surface area (Å²) in [6.45, 7) is 9.97. The molecule has 96 valence electrons. The molecule has 0 aromatic heterocycles. The summed E-state index contributed by atoms with van der Waals surface area (Å²) >= 11 is 0. The van der Waals surface area contributed by atoms with Crippen molar-refractivity contribution >= 4 is 0 Å². The lowest BCUT2D eigenvalue weighted by atomic mass is 9.85. The van der Waals surface area contributed by atoms with Crippen LogP contribution in [0.5, 0.6) is 0 Å². The zero-order valence-electron chi connectivity index (χ0n) is 10.7. The zero-order chi connectivity index (χ0) is 11.8. The molecule has 3 atom stereocenters. The van der Waals surface area contributed by atoms with Crippen LogP contribution < -0.4 is 5.32 Å². The Kier molecular flexibility index (Phi) is 6.96. The zero-order valence-corrected chi connectivity index (χ0v) is 10.7. The van der Waals surface area contributed by atoms with Crippen LogP contribution in [0.1, 0.15) is 27.2 Å². The van der Waals surface area contributed by atoms with Crippen molar-refractivity contribution in [1.29, 1.82) is 0 Å². The highest BCUT2D eigenvalue weighted by Gasteiger charge is 2.41. The molecule has 1 fully saturated rings. The molecular formula is C12H25NO3. The second-order valence-electron chi connectivity index (χ2n) is 3.93. The molecule has 0 spiro atoms. The third-order valence-corrected chi connectivity index (χ3v) is 2.84. The fourth-order valence-corrected chi connectivity index (χ4v) is 2.03. The molecule has 1 aliphatic carbocycles. The first-order valence-electron chi connectivity index (χ1n) is 6.37. The van der Waals surface area contributed by atoms with Crippen molar-refractivity contribution in [3.05, 3.63) is 0 Å². The molecule has 1 saturated carbocycles. The van der Waals surface area contributed by atoms with E-state index in [1.165, 1.54) is 0 Å². The number of rotatable bonds is 9. The van der Waals surface area contributed by atoms with E-state index >= 15 is 0 Å². The van der Waals surface area contributed by atoms with E-state index in [0.29, 0.717) is 19.3 Å². The van der Waals surface area contributed by atoms with Gasteiger partial charge in [0.05, 0.1) is 25.4 Å². The van der Waals surface area contributed by atoms with Gasteiger partial charge in [-0.05, 0) is 26.8 Å². The molecule has 1 aliphatic rings. The Morgan fingerprint density at radius 3 is 2.50 bits per heavy atom. The fraction of sp³-hybridized carbons (Fsp3) is 1.00. The Hall–Kier alpha value is -0.160. The Bertz CT molecular complexity index is 178. The normalized spacial score (nSPS) is 29.1. The quantitative estimate of drug-likeness (QED) is 0.605. The first kappa shape index (κ1) is 13.9. The van der Waals surface area contributed by atoms with Crippen LogP contribution in [0.3, 0.4) is 0 Å². The van der Waals surface area contributed by atoms with E-state index in [2.05, 4.69) is 12.2 Å². The first-order valence-corrected chi connectivity index (χ1v) is 6.37. The van der Waals surface area contributed by atoms with Gasteiger partial charge >= 0.3 is 0 Å². The SMILES string of the molecule is CCNC1CC(OCCOCC)C1OCC. The lowest BCUT2D eigenvalue weighted by molar-refractivity contribution is -0.150. The van der Waals surface area contributed by atoms with Crippen LogP contribution in [-0.2, 0) is 14.2 Å². The smallest absolute Gasteiger partial charge is 0.0990 e. The van der Waals surface area contributed by atoms with E-state index in [1.54, 1.807) is 0 Å². The van der Waals surface area contributed by atoms with Crippen molar-refractivity contribution < 1.29 is 14.2 Å². The Balaban J connectivity index is 2.16. The van der Waals surface area contributed by atoms with E-state index in [9.17, 15) is 0 Å². The molecule has 4 nitrogen and oxygen atoms in total. The summed E-state index contributed by atoms with van der Waals surface area (Å²) in [5.41, 5.74) is 0. The summed E-state index contributed by atoms with van der Waals surface area (Å²) in [6, 6.07) is 0.460. The van der Waals surface area contributed by atoms with Crippen LogP contribution in [0, 0.1) is 0 Å². The number of likely N-dealkylation sites (N-methyl/N-ethyl adjacent to an activating group) is 1. The van der Waals surface area contributed by atoms with Crippen LogP contribution >= 0.6 is 0 Å². The summed E-state index contributed by atoms with van der Waals surface area (Å²) in [7, 11) is 0. The fourth-order valence-electron chi connectivity index (χ4n) is 2.03. The molecule has 1 rings (SSSR count). The molecule has 1 N–H and O–H groups in total. The van der Waals surface area contributed by atoms with Crippen molar-refractivity contribution in [3.8, 4) is 0 Å². The van der Waals surface area contributed by atoms with E-state index in [0.717, 1.165) is 26.2 Å². The molecule has 3 unspecified atom stereocenters. The second kappa shape index (κ2) is 8.01. The Morgan fingerprint density at radius 1 is 1.06 bits per heavy atom. The molecule has 4 heteroatoms. The van der Waals surface area contributed by atoms with Gasteiger partial charge < -0.3 is 19.5 Å². The lowest BCUT2D eigenvalue weighted by Crippen LogP contribution is -2.60. The molecule has 0 bridgehead atoms. The Labute approximate surface area is 98.6 Å². The summed E-state index contributed by atoms with van der Waals surface area (Å²) in [4.78, 5) is 0.